The molecule has 1 N–H and O–H groups in total. The molecule has 2 aliphatic rings. The maximum atomic E-state index is 5.73. The average molecular weight is 303 g/mol. The van der Waals surface area contributed by atoms with Crippen molar-refractivity contribution >= 4 is 17.4 Å². The SMILES string of the molecule is CC1(C)C2CCC1(C)C(NC(=S)OCc1ccccc1)C2. The van der Waals surface area contributed by atoms with Crippen LogP contribution < -0.4 is 5.32 Å². The molecular formula is C18H25NOS. The molecule has 2 nitrogen and oxygen atoms in total. The summed E-state index contributed by atoms with van der Waals surface area (Å²) in [6.45, 7) is 7.79. The third kappa shape index (κ3) is 2.46. The Hall–Kier alpha value is -1.09. The monoisotopic (exact) mass is 303 g/mol. The van der Waals surface area contributed by atoms with Gasteiger partial charge in [0.05, 0.1) is 0 Å². The number of rotatable bonds is 3. The van der Waals surface area contributed by atoms with Gasteiger partial charge in [-0.05, 0) is 53.8 Å². The predicted molar refractivity (Wildman–Crippen MR) is 90.0 cm³/mol. The molecule has 2 saturated carbocycles. The maximum Gasteiger partial charge on any atom is 0.257 e. The Morgan fingerprint density at radius 1 is 1.29 bits per heavy atom. The van der Waals surface area contributed by atoms with Crippen molar-refractivity contribution in [2.24, 2.45) is 16.7 Å². The van der Waals surface area contributed by atoms with Gasteiger partial charge in [-0.2, -0.15) is 0 Å². The Morgan fingerprint density at radius 2 is 2.00 bits per heavy atom. The number of ether oxygens (including phenoxy) is 1. The second kappa shape index (κ2) is 5.28. The van der Waals surface area contributed by atoms with Crippen LogP contribution in [0.25, 0.3) is 0 Å². The van der Waals surface area contributed by atoms with Gasteiger partial charge in [0, 0.05) is 6.04 Å². The van der Waals surface area contributed by atoms with E-state index in [1.165, 1.54) is 19.3 Å². The maximum absolute atomic E-state index is 5.73. The minimum Gasteiger partial charge on any atom is -0.466 e. The number of hydrogen-bond donors (Lipinski definition) is 1. The van der Waals surface area contributed by atoms with E-state index in [4.69, 9.17) is 17.0 Å². The number of hydrogen-bond acceptors (Lipinski definition) is 2. The van der Waals surface area contributed by atoms with E-state index in [1.807, 2.05) is 18.2 Å². The highest BCUT2D eigenvalue weighted by atomic mass is 32.1. The summed E-state index contributed by atoms with van der Waals surface area (Å²) in [6, 6.07) is 10.6. The molecular weight excluding hydrogens is 278 g/mol. The molecule has 0 aliphatic heterocycles. The molecule has 3 rings (SSSR count). The molecule has 0 spiro atoms. The van der Waals surface area contributed by atoms with Gasteiger partial charge >= 0.3 is 0 Å². The van der Waals surface area contributed by atoms with Gasteiger partial charge in [0.1, 0.15) is 6.61 Å². The summed E-state index contributed by atoms with van der Waals surface area (Å²) in [7, 11) is 0. The minimum atomic E-state index is 0.331. The minimum absolute atomic E-state index is 0.331. The van der Waals surface area contributed by atoms with Crippen LogP contribution in [-0.2, 0) is 11.3 Å². The van der Waals surface area contributed by atoms with Crippen LogP contribution in [0.4, 0.5) is 0 Å². The molecule has 3 heteroatoms. The van der Waals surface area contributed by atoms with Crippen LogP contribution in [0.2, 0.25) is 0 Å². The van der Waals surface area contributed by atoms with E-state index >= 15 is 0 Å². The molecule has 2 fully saturated rings. The summed E-state index contributed by atoms with van der Waals surface area (Å²) in [5, 5.41) is 4.04. The van der Waals surface area contributed by atoms with Crippen LogP contribution in [-0.4, -0.2) is 11.2 Å². The number of benzene rings is 1. The van der Waals surface area contributed by atoms with Crippen molar-refractivity contribution in [3.05, 3.63) is 35.9 Å². The summed E-state index contributed by atoms with van der Waals surface area (Å²) in [6.07, 6.45) is 3.88. The summed E-state index contributed by atoms with van der Waals surface area (Å²) >= 11 is 5.40. The van der Waals surface area contributed by atoms with E-state index in [9.17, 15) is 0 Å². The normalized spacial score (nSPS) is 32.9. The van der Waals surface area contributed by atoms with Crippen LogP contribution in [0.3, 0.4) is 0 Å². The largest absolute Gasteiger partial charge is 0.466 e. The fourth-order valence-electron chi connectivity index (χ4n) is 4.33. The van der Waals surface area contributed by atoms with E-state index in [0.717, 1.165) is 11.5 Å². The van der Waals surface area contributed by atoms with Crippen LogP contribution in [0.15, 0.2) is 30.3 Å². The van der Waals surface area contributed by atoms with Crippen LogP contribution in [0, 0.1) is 16.7 Å². The van der Waals surface area contributed by atoms with E-state index in [0.29, 0.717) is 28.7 Å². The van der Waals surface area contributed by atoms with Gasteiger partial charge in [0.15, 0.2) is 0 Å². The summed E-state index contributed by atoms with van der Waals surface area (Å²) in [4.78, 5) is 0. The summed E-state index contributed by atoms with van der Waals surface area (Å²) < 4.78 is 5.73. The van der Waals surface area contributed by atoms with Crippen molar-refractivity contribution in [2.75, 3.05) is 0 Å². The van der Waals surface area contributed by atoms with Gasteiger partial charge in [0.25, 0.3) is 5.17 Å². The summed E-state index contributed by atoms with van der Waals surface area (Å²) in [5.41, 5.74) is 1.89. The molecule has 1 aromatic carbocycles. The first-order valence-corrected chi connectivity index (χ1v) is 8.31. The Morgan fingerprint density at radius 3 is 2.57 bits per heavy atom. The van der Waals surface area contributed by atoms with Gasteiger partial charge in [-0.1, -0.05) is 51.1 Å². The Kier molecular flexibility index (Phi) is 3.73. The molecule has 2 aliphatic carbocycles. The van der Waals surface area contributed by atoms with Crippen molar-refractivity contribution in [2.45, 2.75) is 52.7 Å². The Bertz CT molecular complexity index is 527. The Labute approximate surface area is 133 Å². The highest BCUT2D eigenvalue weighted by molar-refractivity contribution is 7.80. The fourth-order valence-corrected chi connectivity index (χ4v) is 4.53. The number of nitrogens with one attached hydrogen (secondary N) is 1. The first-order valence-electron chi connectivity index (χ1n) is 7.91. The fraction of sp³-hybridized carbons (Fsp3) is 0.611. The van der Waals surface area contributed by atoms with Crippen molar-refractivity contribution in [3.63, 3.8) is 0 Å². The van der Waals surface area contributed by atoms with Gasteiger partial charge in [-0.3, -0.25) is 0 Å². The number of thiocarbonyl (C=S) groups is 1. The van der Waals surface area contributed by atoms with Crippen LogP contribution >= 0.6 is 12.2 Å². The molecule has 0 heterocycles. The molecule has 21 heavy (non-hydrogen) atoms. The van der Waals surface area contributed by atoms with Gasteiger partial charge in [-0.25, -0.2) is 0 Å². The molecule has 114 valence electrons. The van der Waals surface area contributed by atoms with Crippen LogP contribution in [0.5, 0.6) is 0 Å². The first-order chi connectivity index (χ1) is 9.93. The van der Waals surface area contributed by atoms with E-state index in [2.05, 4.69) is 38.2 Å². The zero-order chi connectivity index (χ0) is 15.1. The van der Waals surface area contributed by atoms with E-state index < -0.39 is 0 Å². The lowest BCUT2D eigenvalue weighted by atomic mass is 9.69. The zero-order valence-corrected chi connectivity index (χ0v) is 14.0. The molecule has 3 unspecified atom stereocenters. The molecule has 0 saturated heterocycles. The van der Waals surface area contributed by atoms with Gasteiger partial charge in [-0.15, -0.1) is 0 Å². The lowest BCUT2D eigenvalue weighted by Crippen LogP contribution is -2.46. The molecule has 2 bridgehead atoms. The molecule has 1 aromatic rings. The quantitative estimate of drug-likeness (QED) is 0.842. The second-order valence-electron chi connectivity index (χ2n) is 7.37. The summed E-state index contributed by atoms with van der Waals surface area (Å²) in [5.74, 6) is 0.817. The zero-order valence-electron chi connectivity index (χ0n) is 13.2. The van der Waals surface area contributed by atoms with Crippen molar-refractivity contribution in [1.29, 1.82) is 0 Å². The van der Waals surface area contributed by atoms with E-state index in [1.54, 1.807) is 0 Å². The van der Waals surface area contributed by atoms with Gasteiger partial charge < -0.3 is 10.1 Å². The lowest BCUT2D eigenvalue weighted by Gasteiger charge is -2.39. The molecule has 3 atom stereocenters. The highest BCUT2D eigenvalue weighted by Gasteiger charge is 2.61. The van der Waals surface area contributed by atoms with Crippen molar-refractivity contribution in [1.82, 2.24) is 5.32 Å². The van der Waals surface area contributed by atoms with Crippen molar-refractivity contribution in [3.8, 4) is 0 Å². The third-order valence-corrected chi connectivity index (χ3v) is 6.53. The lowest BCUT2D eigenvalue weighted by molar-refractivity contribution is 0.125. The molecule has 0 amide bonds. The number of fused-ring (bicyclic) bond motifs is 2. The second-order valence-corrected chi connectivity index (χ2v) is 7.74. The smallest absolute Gasteiger partial charge is 0.257 e. The third-order valence-electron chi connectivity index (χ3n) is 6.30. The molecule has 0 radical (unpaired) electrons. The average Bonchev–Trinajstić information content (AvgIpc) is 2.79. The van der Waals surface area contributed by atoms with Gasteiger partial charge in [0.2, 0.25) is 0 Å². The first kappa shape index (κ1) is 14.8. The topological polar surface area (TPSA) is 21.3 Å². The predicted octanol–water partition coefficient (Wildman–Crippen LogP) is 4.29. The van der Waals surface area contributed by atoms with Crippen LogP contribution in [0.1, 0.15) is 45.6 Å². The Balaban J connectivity index is 1.57. The van der Waals surface area contributed by atoms with Crippen molar-refractivity contribution < 1.29 is 4.74 Å². The molecule has 0 aromatic heterocycles. The standard InChI is InChI=1S/C18H25NOS/c1-17(2)14-9-10-18(17,3)15(11-14)19-16(21)20-12-13-7-5-4-6-8-13/h4-8,14-15H,9-12H2,1-3H3,(H,19,21). The van der Waals surface area contributed by atoms with E-state index in [-0.39, 0.29) is 0 Å². The highest BCUT2D eigenvalue weighted by Crippen LogP contribution is 2.65.